The Labute approximate surface area is 185 Å². The Bertz CT molecular complexity index is 1170. The average molecular weight is 440 g/mol. The number of benzene rings is 1. The number of imide groups is 1. The minimum Gasteiger partial charge on any atom is -0.425 e. The summed E-state index contributed by atoms with van der Waals surface area (Å²) in [6.07, 6.45) is 2.71. The molecule has 0 radical (unpaired) electrons. The standard InChI is InChI=1S/C24H28N2O6/c1-5-15-8-19(27)32-18-9-16(6-7-17(15)18)31-20(28)12-26-21(29)24(25-22(26)30)11-14(2)10-23(3,4)13-24/h6-9,14H,5,10-13H2,1-4H3,(H,25,30)/t14-,24-/m1/s1. The van der Waals surface area contributed by atoms with Crippen LogP contribution in [0, 0.1) is 11.3 Å². The molecule has 8 heteroatoms. The van der Waals surface area contributed by atoms with Crippen LogP contribution in [-0.2, 0) is 16.0 Å². The summed E-state index contributed by atoms with van der Waals surface area (Å²) in [5.41, 5.74) is -0.396. The molecule has 2 heterocycles. The Morgan fingerprint density at radius 3 is 2.66 bits per heavy atom. The summed E-state index contributed by atoms with van der Waals surface area (Å²) in [7, 11) is 0. The third-order valence-corrected chi connectivity index (χ3v) is 6.33. The molecule has 1 saturated heterocycles. The highest BCUT2D eigenvalue weighted by molar-refractivity contribution is 6.09. The maximum atomic E-state index is 13.2. The molecular formula is C24H28N2O6. The fourth-order valence-corrected chi connectivity index (χ4v) is 5.51. The topological polar surface area (TPSA) is 106 Å². The van der Waals surface area contributed by atoms with E-state index in [1.54, 1.807) is 12.1 Å². The van der Waals surface area contributed by atoms with E-state index in [9.17, 15) is 19.2 Å². The predicted octanol–water partition coefficient (Wildman–Crippen LogP) is 3.40. The van der Waals surface area contributed by atoms with E-state index in [0.29, 0.717) is 24.8 Å². The normalized spacial score (nSPS) is 24.8. The van der Waals surface area contributed by atoms with Crippen LogP contribution in [0.15, 0.2) is 33.5 Å². The number of esters is 1. The fraction of sp³-hybridized carbons (Fsp3) is 0.500. The van der Waals surface area contributed by atoms with Crippen LogP contribution in [0.25, 0.3) is 11.0 Å². The maximum Gasteiger partial charge on any atom is 0.336 e. The molecule has 2 aromatic rings. The number of carbonyl (C=O) groups excluding carboxylic acids is 3. The lowest BCUT2D eigenvalue weighted by atomic mass is 9.64. The van der Waals surface area contributed by atoms with Gasteiger partial charge in [-0.2, -0.15) is 0 Å². The number of urea groups is 1. The molecule has 1 aromatic carbocycles. The van der Waals surface area contributed by atoms with E-state index in [2.05, 4.69) is 26.1 Å². The van der Waals surface area contributed by atoms with Crippen molar-refractivity contribution >= 4 is 28.9 Å². The third-order valence-electron chi connectivity index (χ3n) is 6.33. The van der Waals surface area contributed by atoms with Gasteiger partial charge < -0.3 is 14.5 Å². The molecule has 2 aliphatic rings. The minimum absolute atomic E-state index is 0.0938. The number of carbonyl (C=O) groups is 3. The number of ether oxygens (including phenoxy) is 1. The highest BCUT2D eigenvalue weighted by Crippen LogP contribution is 2.46. The molecule has 32 heavy (non-hydrogen) atoms. The number of aryl methyl sites for hydroxylation is 1. The molecule has 4 rings (SSSR count). The van der Waals surface area contributed by atoms with Crippen molar-refractivity contribution in [3.05, 3.63) is 40.2 Å². The van der Waals surface area contributed by atoms with E-state index in [4.69, 9.17) is 9.15 Å². The van der Waals surface area contributed by atoms with Crippen LogP contribution in [0.5, 0.6) is 5.75 Å². The van der Waals surface area contributed by atoms with Gasteiger partial charge in [-0.05, 0) is 54.7 Å². The molecule has 0 unspecified atom stereocenters. The predicted molar refractivity (Wildman–Crippen MR) is 117 cm³/mol. The number of fused-ring (bicyclic) bond motifs is 1. The van der Waals surface area contributed by atoms with Gasteiger partial charge in [0.05, 0.1) is 0 Å². The van der Waals surface area contributed by atoms with Crippen LogP contribution in [0.4, 0.5) is 4.79 Å². The number of nitrogens with zero attached hydrogens (tertiary/aromatic N) is 1. The highest BCUT2D eigenvalue weighted by atomic mass is 16.5. The van der Waals surface area contributed by atoms with E-state index in [1.807, 2.05) is 6.92 Å². The maximum absolute atomic E-state index is 13.2. The van der Waals surface area contributed by atoms with Gasteiger partial charge in [0, 0.05) is 17.5 Å². The second-order valence-electron chi connectivity index (χ2n) is 9.83. The average Bonchev–Trinajstić information content (AvgIpc) is 2.88. The first kappa shape index (κ1) is 22.0. The summed E-state index contributed by atoms with van der Waals surface area (Å²) in [6, 6.07) is 5.64. The van der Waals surface area contributed by atoms with Gasteiger partial charge in [-0.25, -0.2) is 14.4 Å². The molecule has 1 aliphatic heterocycles. The monoisotopic (exact) mass is 440 g/mol. The summed E-state index contributed by atoms with van der Waals surface area (Å²) in [6.45, 7) is 7.69. The molecule has 8 nitrogen and oxygen atoms in total. The van der Waals surface area contributed by atoms with Gasteiger partial charge in [-0.15, -0.1) is 0 Å². The third kappa shape index (κ3) is 4.01. The molecular weight excluding hydrogens is 412 g/mol. The number of amides is 3. The van der Waals surface area contributed by atoms with Gasteiger partial charge in [0.1, 0.15) is 23.4 Å². The van der Waals surface area contributed by atoms with Crippen molar-refractivity contribution in [3.8, 4) is 5.75 Å². The van der Waals surface area contributed by atoms with Crippen LogP contribution < -0.4 is 15.7 Å². The first-order chi connectivity index (χ1) is 15.0. The zero-order chi connectivity index (χ0) is 23.3. The number of rotatable bonds is 4. The number of hydrogen-bond donors (Lipinski definition) is 1. The molecule has 3 amide bonds. The fourth-order valence-electron chi connectivity index (χ4n) is 5.51. The molecule has 1 aliphatic carbocycles. The van der Waals surface area contributed by atoms with E-state index in [1.165, 1.54) is 12.1 Å². The molecule has 170 valence electrons. The van der Waals surface area contributed by atoms with Crippen LogP contribution in [0.3, 0.4) is 0 Å². The molecule has 2 atom stereocenters. The number of hydrogen-bond acceptors (Lipinski definition) is 6. The zero-order valence-electron chi connectivity index (χ0n) is 18.8. The van der Waals surface area contributed by atoms with Crippen molar-refractivity contribution in [2.45, 2.75) is 58.9 Å². The quantitative estimate of drug-likeness (QED) is 0.338. The van der Waals surface area contributed by atoms with Crippen molar-refractivity contribution in [2.75, 3.05) is 6.54 Å². The van der Waals surface area contributed by atoms with Gasteiger partial charge in [0.25, 0.3) is 5.91 Å². The summed E-state index contributed by atoms with van der Waals surface area (Å²) in [4.78, 5) is 51.0. The van der Waals surface area contributed by atoms with Crippen LogP contribution in [-0.4, -0.2) is 34.9 Å². The van der Waals surface area contributed by atoms with Crippen LogP contribution >= 0.6 is 0 Å². The van der Waals surface area contributed by atoms with Crippen molar-refractivity contribution < 1.29 is 23.5 Å². The summed E-state index contributed by atoms with van der Waals surface area (Å²) in [5.74, 6) is -0.679. The van der Waals surface area contributed by atoms with Gasteiger partial charge >= 0.3 is 17.6 Å². The molecule has 1 spiro atoms. The second-order valence-corrected chi connectivity index (χ2v) is 9.83. The van der Waals surface area contributed by atoms with Crippen LogP contribution in [0.1, 0.15) is 52.5 Å². The molecule has 1 aromatic heterocycles. The second kappa shape index (κ2) is 7.76. The summed E-state index contributed by atoms with van der Waals surface area (Å²) in [5, 5.41) is 3.61. The first-order valence-corrected chi connectivity index (χ1v) is 10.9. The Balaban J connectivity index is 1.50. The number of nitrogens with one attached hydrogen (secondary N) is 1. The summed E-state index contributed by atoms with van der Waals surface area (Å²) >= 11 is 0. The lowest BCUT2D eigenvalue weighted by molar-refractivity contribution is -0.142. The largest absolute Gasteiger partial charge is 0.425 e. The highest BCUT2D eigenvalue weighted by Gasteiger charge is 2.56. The van der Waals surface area contributed by atoms with E-state index in [-0.39, 0.29) is 23.0 Å². The molecule has 0 bridgehead atoms. The van der Waals surface area contributed by atoms with Crippen molar-refractivity contribution in [3.63, 3.8) is 0 Å². The van der Waals surface area contributed by atoms with Gasteiger partial charge in [0.2, 0.25) is 0 Å². The Kier molecular flexibility index (Phi) is 5.35. The Morgan fingerprint density at radius 2 is 1.97 bits per heavy atom. The lowest BCUT2D eigenvalue weighted by Gasteiger charge is -2.43. The van der Waals surface area contributed by atoms with Crippen molar-refractivity contribution in [2.24, 2.45) is 11.3 Å². The van der Waals surface area contributed by atoms with E-state index >= 15 is 0 Å². The van der Waals surface area contributed by atoms with Gasteiger partial charge in [-0.1, -0.05) is 27.7 Å². The minimum atomic E-state index is -0.971. The lowest BCUT2D eigenvalue weighted by Crippen LogP contribution is -2.54. The Morgan fingerprint density at radius 1 is 1.22 bits per heavy atom. The van der Waals surface area contributed by atoms with Gasteiger partial charge in [-0.3, -0.25) is 9.69 Å². The molecule has 2 fully saturated rings. The van der Waals surface area contributed by atoms with E-state index in [0.717, 1.165) is 22.3 Å². The van der Waals surface area contributed by atoms with Gasteiger partial charge in [0.15, 0.2) is 0 Å². The van der Waals surface area contributed by atoms with Crippen LogP contribution in [0.2, 0.25) is 0 Å². The molecule has 1 N–H and O–H groups in total. The Hall–Kier alpha value is -3.16. The van der Waals surface area contributed by atoms with E-state index < -0.39 is 29.7 Å². The molecule has 1 saturated carbocycles. The zero-order valence-corrected chi connectivity index (χ0v) is 18.8. The smallest absolute Gasteiger partial charge is 0.336 e. The SMILES string of the molecule is CCc1cc(=O)oc2cc(OC(=O)CN3C(=O)N[C@@]4(C[C@H](C)CC(C)(C)C4)C3=O)ccc12. The first-order valence-electron chi connectivity index (χ1n) is 10.9. The van der Waals surface area contributed by atoms with Crippen molar-refractivity contribution in [1.82, 2.24) is 10.2 Å². The van der Waals surface area contributed by atoms with Crippen molar-refractivity contribution in [1.29, 1.82) is 0 Å². The summed E-state index contributed by atoms with van der Waals surface area (Å²) < 4.78 is 10.6.